The first-order chi connectivity index (χ1) is 16.8. The average Bonchev–Trinajstić information content (AvgIpc) is 3.52. The Hall–Kier alpha value is -3.06. The molecule has 2 spiro atoms. The van der Waals surface area contributed by atoms with E-state index < -0.39 is 0 Å². The Balaban J connectivity index is 1.32. The van der Waals surface area contributed by atoms with E-state index in [0.717, 1.165) is 23.7 Å². The average molecular weight is 438 g/mol. The lowest BCUT2D eigenvalue weighted by Gasteiger charge is -2.64. The number of aromatic nitrogens is 1. The summed E-state index contributed by atoms with van der Waals surface area (Å²) in [5.74, 6) is 3.70. The highest BCUT2D eigenvalue weighted by atomic mass is 14.8. The van der Waals surface area contributed by atoms with Gasteiger partial charge in [0, 0.05) is 27.3 Å². The van der Waals surface area contributed by atoms with Gasteiger partial charge in [-0.3, -0.25) is 0 Å². The van der Waals surface area contributed by atoms with Crippen LogP contribution in [0.25, 0.3) is 43.7 Å². The summed E-state index contributed by atoms with van der Waals surface area (Å²) in [5.41, 5.74) is 9.93. The molecule has 0 amide bonds. The van der Waals surface area contributed by atoms with Crippen molar-refractivity contribution >= 4 is 32.6 Å². The number of aromatic amines is 1. The quantitative estimate of drug-likeness (QED) is 0.251. The predicted octanol–water partition coefficient (Wildman–Crippen LogP) is 8.20. The monoisotopic (exact) mass is 437 g/mol. The van der Waals surface area contributed by atoms with Crippen molar-refractivity contribution in [2.75, 3.05) is 0 Å². The van der Waals surface area contributed by atoms with E-state index in [1.54, 1.807) is 11.1 Å². The summed E-state index contributed by atoms with van der Waals surface area (Å²) in [4.78, 5) is 3.93. The van der Waals surface area contributed by atoms with Crippen LogP contribution in [0.1, 0.15) is 43.2 Å². The second-order valence-corrected chi connectivity index (χ2v) is 12.4. The summed E-state index contributed by atoms with van der Waals surface area (Å²) < 4.78 is 0. The van der Waals surface area contributed by atoms with Crippen LogP contribution in [0.3, 0.4) is 0 Å². The van der Waals surface area contributed by atoms with E-state index in [1.165, 1.54) is 75.8 Å². The largest absolute Gasteiger partial charge is 0.354 e. The van der Waals surface area contributed by atoms with Crippen molar-refractivity contribution in [2.24, 2.45) is 29.1 Å². The second-order valence-electron chi connectivity index (χ2n) is 12.4. The third kappa shape index (κ3) is 1.62. The van der Waals surface area contributed by atoms with E-state index in [0.29, 0.717) is 5.41 Å². The van der Waals surface area contributed by atoms with Crippen LogP contribution >= 0.6 is 0 Å². The van der Waals surface area contributed by atoms with Gasteiger partial charge in [0.2, 0.25) is 0 Å². The van der Waals surface area contributed by atoms with Gasteiger partial charge in [-0.05, 0) is 101 Å². The van der Waals surface area contributed by atoms with Gasteiger partial charge >= 0.3 is 0 Å². The normalized spacial score (nSPS) is 35.9. The molecule has 5 aliphatic rings. The van der Waals surface area contributed by atoms with Crippen LogP contribution in [0.2, 0.25) is 0 Å². The summed E-state index contributed by atoms with van der Waals surface area (Å²) in [6, 6.07) is 28.0. The molecule has 0 aliphatic heterocycles. The van der Waals surface area contributed by atoms with Crippen molar-refractivity contribution in [3.63, 3.8) is 0 Å². The molecule has 3 bridgehead atoms. The summed E-state index contributed by atoms with van der Waals surface area (Å²) in [7, 11) is 0. The van der Waals surface area contributed by atoms with E-state index in [-0.39, 0.29) is 5.41 Å². The van der Waals surface area contributed by atoms with Gasteiger partial charge in [0.25, 0.3) is 0 Å². The van der Waals surface area contributed by atoms with Gasteiger partial charge < -0.3 is 4.98 Å². The molecule has 1 heterocycles. The smallest absolute Gasteiger partial charge is 0.0547 e. The van der Waals surface area contributed by atoms with Crippen LogP contribution in [0.15, 0.2) is 72.8 Å². The lowest BCUT2D eigenvalue weighted by Crippen LogP contribution is -2.62. The highest BCUT2D eigenvalue weighted by Gasteiger charge is 2.79. The molecule has 1 aromatic heterocycles. The Morgan fingerprint density at radius 2 is 1.41 bits per heavy atom. The Bertz CT molecular complexity index is 1710. The van der Waals surface area contributed by atoms with Crippen molar-refractivity contribution in [1.29, 1.82) is 0 Å². The minimum Gasteiger partial charge on any atom is -0.354 e. The molecule has 164 valence electrons. The Kier molecular flexibility index (Phi) is 2.70. The zero-order valence-electron chi connectivity index (χ0n) is 19.3. The van der Waals surface area contributed by atoms with Crippen molar-refractivity contribution < 1.29 is 0 Å². The van der Waals surface area contributed by atoms with Gasteiger partial charge in [-0.1, -0.05) is 60.7 Å². The van der Waals surface area contributed by atoms with Crippen molar-refractivity contribution in [3.8, 4) is 11.1 Å². The maximum atomic E-state index is 3.93. The minimum absolute atomic E-state index is 0.270. The molecule has 10 rings (SSSR count). The molecule has 0 saturated heterocycles. The molecule has 4 fully saturated rings. The second kappa shape index (κ2) is 5.28. The van der Waals surface area contributed by atoms with E-state index in [9.17, 15) is 0 Å². The van der Waals surface area contributed by atoms with Crippen molar-refractivity contribution in [3.05, 3.63) is 83.9 Å². The number of hydrogen-bond acceptors (Lipinski definition) is 0. The van der Waals surface area contributed by atoms with Crippen LogP contribution in [-0.4, -0.2) is 4.98 Å². The lowest BCUT2D eigenvalue weighted by atomic mass is 9.38. The number of fused-ring (bicyclic) bond motifs is 14. The molecule has 1 heteroatoms. The molecule has 0 radical (unpaired) electrons. The Morgan fingerprint density at radius 3 is 2.24 bits per heavy atom. The summed E-state index contributed by atoms with van der Waals surface area (Å²) in [6.07, 6.45) is 7.51. The summed E-state index contributed by atoms with van der Waals surface area (Å²) >= 11 is 0. The van der Waals surface area contributed by atoms with Gasteiger partial charge in [0.1, 0.15) is 0 Å². The van der Waals surface area contributed by atoms with Crippen molar-refractivity contribution in [2.45, 2.75) is 37.5 Å². The van der Waals surface area contributed by atoms with Gasteiger partial charge in [0.15, 0.2) is 0 Å². The standard InChI is InChI=1S/C33H27N/c1-2-6-21-15-27-24(14-20(21)5-1)22-9-10-26-30(31(22)34-27)23-7-3-4-8-25(23)33(26)28-12-18-11-19-13-29(33)32(28,16-18)17-19/h1-10,14-15,18-19,28-29,34H,11-13,16-17H2. The highest BCUT2D eigenvalue weighted by molar-refractivity contribution is 6.16. The minimum atomic E-state index is 0.270. The lowest BCUT2D eigenvalue weighted by molar-refractivity contribution is -0.0820. The number of nitrogens with one attached hydrogen (secondary N) is 1. The number of hydrogen-bond donors (Lipinski definition) is 1. The Morgan fingerprint density at radius 1 is 0.676 bits per heavy atom. The molecule has 4 unspecified atom stereocenters. The zero-order chi connectivity index (χ0) is 21.8. The number of H-pyrrole nitrogens is 1. The van der Waals surface area contributed by atoms with Crippen LogP contribution < -0.4 is 0 Å². The maximum absolute atomic E-state index is 3.93. The first-order valence-electron chi connectivity index (χ1n) is 13.3. The third-order valence-corrected chi connectivity index (χ3v) is 11.4. The molecular formula is C33H27N. The summed E-state index contributed by atoms with van der Waals surface area (Å²) in [6.45, 7) is 0. The third-order valence-electron chi connectivity index (χ3n) is 11.4. The predicted molar refractivity (Wildman–Crippen MR) is 139 cm³/mol. The van der Waals surface area contributed by atoms with E-state index in [2.05, 4.69) is 77.8 Å². The fraction of sp³-hybridized carbons (Fsp3) is 0.333. The van der Waals surface area contributed by atoms with Crippen LogP contribution in [0.5, 0.6) is 0 Å². The maximum Gasteiger partial charge on any atom is 0.0547 e. The molecule has 1 nitrogen and oxygen atoms in total. The fourth-order valence-electron chi connectivity index (χ4n) is 10.8. The van der Waals surface area contributed by atoms with Gasteiger partial charge in [-0.2, -0.15) is 0 Å². The van der Waals surface area contributed by atoms with Gasteiger partial charge in [-0.15, -0.1) is 0 Å². The first kappa shape index (κ1) is 17.4. The van der Waals surface area contributed by atoms with Gasteiger partial charge in [-0.25, -0.2) is 0 Å². The molecule has 4 atom stereocenters. The SMILES string of the molecule is c1ccc2c(c1)-c1c(ccc3c1[nH]c1cc4ccccc4cc13)C21C2CC3CC4CC1C2(C3)C4. The van der Waals surface area contributed by atoms with Gasteiger partial charge in [0.05, 0.1) is 5.52 Å². The van der Waals surface area contributed by atoms with Crippen LogP contribution in [0.4, 0.5) is 0 Å². The molecule has 5 aliphatic carbocycles. The molecule has 4 saturated carbocycles. The molecular weight excluding hydrogens is 410 g/mol. The number of rotatable bonds is 0. The topological polar surface area (TPSA) is 15.8 Å². The van der Waals surface area contributed by atoms with E-state index in [4.69, 9.17) is 0 Å². The Labute approximate surface area is 199 Å². The zero-order valence-corrected chi connectivity index (χ0v) is 19.3. The molecule has 34 heavy (non-hydrogen) atoms. The van der Waals surface area contributed by atoms with Crippen LogP contribution in [-0.2, 0) is 5.41 Å². The van der Waals surface area contributed by atoms with E-state index >= 15 is 0 Å². The van der Waals surface area contributed by atoms with Crippen molar-refractivity contribution in [1.82, 2.24) is 4.98 Å². The first-order valence-corrected chi connectivity index (χ1v) is 13.3. The van der Waals surface area contributed by atoms with E-state index in [1.807, 2.05) is 0 Å². The molecule has 1 N–H and O–H groups in total. The fourth-order valence-corrected chi connectivity index (χ4v) is 10.8. The number of benzene rings is 4. The molecule has 5 aromatic rings. The van der Waals surface area contributed by atoms with Crippen LogP contribution in [0, 0.1) is 29.1 Å². The summed E-state index contributed by atoms with van der Waals surface area (Å²) in [5, 5.41) is 5.39. The molecule has 4 aromatic carbocycles. The highest BCUT2D eigenvalue weighted by Crippen LogP contribution is 2.85.